The van der Waals surface area contributed by atoms with Crippen molar-refractivity contribution in [2.75, 3.05) is 5.32 Å². The predicted octanol–water partition coefficient (Wildman–Crippen LogP) is 5.01. The van der Waals surface area contributed by atoms with Gasteiger partial charge in [-0.05, 0) is 25.0 Å². The van der Waals surface area contributed by atoms with Crippen LogP contribution < -0.4 is 10.6 Å². The Morgan fingerprint density at radius 3 is 2.25 bits per heavy atom. The van der Waals surface area contributed by atoms with Gasteiger partial charge in [-0.2, -0.15) is 0 Å². The summed E-state index contributed by atoms with van der Waals surface area (Å²) in [4.78, 5) is 16.2. The Kier molecular flexibility index (Phi) is 4.91. The summed E-state index contributed by atoms with van der Waals surface area (Å²) in [6, 6.07) is 18.4. The van der Waals surface area contributed by atoms with E-state index in [0.29, 0.717) is 5.13 Å². The molecule has 0 aliphatic carbocycles. The minimum Gasteiger partial charge on any atom is -0.336 e. The molecule has 122 valence electrons. The molecule has 2 N–H and O–H groups in total. The Morgan fingerprint density at radius 1 is 0.958 bits per heavy atom. The van der Waals surface area contributed by atoms with Crippen molar-refractivity contribution in [3.8, 4) is 22.4 Å². The van der Waals surface area contributed by atoms with Crippen LogP contribution in [0, 0.1) is 0 Å². The van der Waals surface area contributed by atoms with E-state index in [2.05, 4.69) is 52.0 Å². The molecule has 0 radical (unpaired) electrons. The molecule has 0 fully saturated rings. The lowest BCUT2D eigenvalue weighted by Crippen LogP contribution is -2.34. The second-order valence-corrected chi connectivity index (χ2v) is 6.59. The van der Waals surface area contributed by atoms with Crippen LogP contribution in [-0.2, 0) is 0 Å². The quantitative estimate of drug-likeness (QED) is 0.703. The van der Waals surface area contributed by atoms with Crippen molar-refractivity contribution in [2.45, 2.75) is 19.9 Å². The number of thiazole rings is 1. The minimum atomic E-state index is -0.231. The van der Waals surface area contributed by atoms with E-state index in [9.17, 15) is 4.79 Å². The van der Waals surface area contributed by atoms with E-state index < -0.39 is 0 Å². The minimum absolute atomic E-state index is 0.0926. The van der Waals surface area contributed by atoms with Crippen LogP contribution in [0.1, 0.15) is 13.8 Å². The van der Waals surface area contributed by atoms with Crippen molar-refractivity contribution in [3.05, 3.63) is 60.0 Å². The van der Waals surface area contributed by atoms with E-state index >= 15 is 0 Å². The molecular formula is C19H19N3OS. The van der Waals surface area contributed by atoms with Gasteiger partial charge in [0.25, 0.3) is 0 Å². The predicted molar refractivity (Wildman–Crippen MR) is 100 cm³/mol. The molecule has 4 nitrogen and oxygen atoms in total. The van der Waals surface area contributed by atoms with Crippen LogP contribution >= 0.6 is 11.3 Å². The molecule has 0 spiro atoms. The number of hydrogen-bond acceptors (Lipinski definition) is 3. The number of aromatic nitrogens is 1. The molecule has 0 aliphatic heterocycles. The Labute approximate surface area is 145 Å². The van der Waals surface area contributed by atoms with Crippen molar-refractivity contribution in [2.24, 2.45) is 0 Å². The van der Waals surface area contributed by atoms with Gasteiger partial charge in [0.05, 0.1) is 5.69 Å². The third-order valence-corrected chi connectivity index (χ3v) is 4.19. The molecular weight excluding hydrogens is 318 g/mol. The first-order valence-electron chi connectivity index (χ1n) is 7.81. The molecule has 24 heavy (non-hydrogen) atoms. The fourth-order valence-corrected chi connectivity index (χ4v) is 3.04. The first-order valence-corrected chi connectivity index (χ1v) is 8.68. The smallest absolute Gasteiger partial charge is 0.321 e. The Balaban J connectivity index is 1.72. The Bertz CT molecular complexity index is 810. The molecule has 0 saturated heterocycles. The number of urea groups is 1. The van der Waals surface area contributed by atoms with Gasteiger partial charge in [-0.15, -0.1) is 11.3 Å². The number of amides is 2. The monoisotopic (exact) mass is 337 g/mol. The van der Waals surface area contributed by atoms with Gasteiger partial charge in [-0.25, -0.2) is 9.78 Å². The third kappa shape index (κ3) is 4.00. The van der Waals surface area contributed by atoms with Gasteiger partial charge in [-0.3, -0.25) is 5.32 Å². The lowest BCUT2D eigenvalue weighted by atomic mass is 10.0. The number of rotatable bonds is 4. The topological polar surface area (TPSA) is 54.0 Å². The van der Waals surface area contributed by atoms with Gasteiger partial charge < -0.3 is 5.32 Å². The van der Waals surface area contributed by atoms with Crippen LogP contribution in [0.3, 0.4) is 0 Å². The lowest BCUT2D eigenvalue weighted by Gasteiger charge is -2.07. The van der Waals surface area contributed by atoms with Gasteiger partial charge in [0.2, 0.25) is 0 Å². The zero-order valence-corrected chi connectivity index (χ0v) is 14.4. The van der Waals surface area contributed by atoms with E-state index in [0.717, 1.165) is 11.3 Å². The van der Waals surface area contributed by atoms with Crippen LogP contribution in [0.4, 0.5) is 9.93 Å². The first kappa shape index (κ1) is 16.2. The molecule has 3 rings (SSSR count). The lowest BCUT2D eigenvalue weighted by molar-refractivity contribution is 0.250. The maximum Gasteiger partial charge on any atom is 0.321 e. The molecule has 2 amide bonds. The summed E-state index contributed by atoms with van der Waals surface area (Å²) in [5, 5.41) is 8.08. The molecule has 2 aromatic carbocycles. The summed E-state index contributed by atoms with van der Waals surface area (Å²) in [5.74, 6) is 0. The standard InChI is InChI=1S/C19H19N3OS/c1-13(2)20-18(23)22-19-21-17(12-24-19)16-10-8-15(9-11-16)14-6-4-3-5-7-14/h3-13H,1-2H3,(H2,20,21,22,23). The number of nitrogens with one attached hydrogen (secondary N) is 2. The van der Waals surface area contributed by atoms with Gasteiger partial charge in [0.1, 0.15) is 0 Å². The number of benzene rings is 2. The number of anilines is 1. The van der Waals surface area contributed by atoms with Crippen LogP contribution in [0.2, 0.25) is 0 Å². The fourth-order valence-electron chi connectivity index (χ4n) is 2.32. The Morgan fingerprint density at radius 2 is 1.58 bits per heavy atom. The summed E-state index contributed by atoms with van der Waals surface area (Å²) in [7, 11) is 0. The molecule has 0 bridgehead atoms. The zero-order valence-electron chi connectivity index (χ0n) is 13.6. The highest BCUT2D eigenvalue weighted by molar-refractivity contribution is 7.14. The van der Waals surface area contributed by atoms with E-state index in [1.807, 2.05) is 37.4 Å². The molecule has 0 atom stereocenters. The summed E-state index contributed by atoms with van der Waals surface area (Å²) in [6.07, 6.45) is 0. The molecule has 0 unspecified atom stereocenters. The highest BCUT2D eigenvalue weighted by Crippen LogP contribution is 2.27. The highest BCUT2D eigenvalue weighted by atomic mass is 32.1. The maximum atomic E-state index is 11.7. The zero-order chi connectivity index (χ0) is 16.9. The second kappa shape index (κ2) is 7.27. The van der Waals surface area contributed by atoms with Crippen molar-refractivity contribution in [3.63, 3.8) is 0 Å². The van der Waals surface area contributed by atoms with Gasteiger partial charge in [0.15, 0.2) is 5.13 Å². The number of nitrogens with zero attached hydrogens (tertiary/aromatic N) is 1. The average molecular weight is 337 g/mol. The Hall–Kier alpha value is -2.66. The second-order valence-electron chi connectivity index (χ2n) is 5.73. The fraction of sp³-hybridized carbons (Fsp3) is 0.158. The number of carbonyl (C=O) groups excluding carboxylic acids is 1. The van der Waals surface area contributed by atoms with Crippen LogP contribution in [0.25, 0.3) is 22.4 Å². The van der Waals surface area contributed by atoms with Crippen LogP contribution in [-0.4, -0.2) is 17.1 Å². The van der Waals surface area contributed by atoms with Crippen molar-refractivity contribution in [1.82, 2.24) is 10.3 Å². The van der Waals surface area contributed by atoms with E-state index in [1.165, 1.54) is 22.5 Å². The number of carbonyl (C=O) groups is 1. The molecule has 3 aromatic rings. The third-order valence-electron chi connectivity index (χ3n) is 3.43. The summed E-state index contributed by atoms with van der Waals surface area (Å²) in [5.41, 5.74) is 4.25. The highest BCUT2D eigenvalue weighted by Gasteiger charge is 2.09. The maximum absolute atomic E-state index is 11.7. The van der Waals surface area contributed by atoms with Gasteiger partial charge >= 0.3 is 6.03 Å². The van der Waals surface area contributed by atoms with Crippen molar-refractivity contribution in [1.29, 1.82) is 0 Å². The van der Waals surface area contributed by atoms with Crippen LogP contribution in [0.5, 0.6) is 0 Å². The van der Waals surface area contributed by atoms with E-state index in [-0.39, 0.29) is 12.1 Å². The molecule has 1 aromatic heterocycles. The van der Waals surface area contributed by atoms with Gasteiger partial charge in [-0.1, -0.05) is 54.6 Å². The normalized spacial score (nSPS) is 10.6. The average Bonchev–Trinajstić information content (AvgIpc) is 3.03. The molecule has 0 aliphatic rings. The van der Waals surface area contributed by atoms with Gasteiger partial charge in [0, 0.05) is 17.0 Å². The summed E-state index contributed by atoms with van der Waals surface area (Å²) >= 11 is 1.42. The molecule has 0 saturated carbocycles. The van der Waals surface area contributed by atoms with E-state index in [1.54, 1.807) is 0 Å². The summed E-state index contributed by atoms with van der Waals surface area (Å²) in [6.45, 7) is 3.84. The first-order chi connectivity index (χ1) is 11.6. The SMILES string of the molecule is CC(C)NC(=O)Nc1nc(-c2ccc(-c3ccccc3)cc2)cs1. The van der Waals surface area contributed by atoms with Crippen molar-refractivity contribution < 1.29 is 4.79 Å². The largest absolute Gasteiger partial charge is 0.336 e. The van der Waals surface area contributed by atoms with Crippen molar-refractivity contribution >= 4 is 22.5 Å². The molecule has 1 heterocycles. The van der Waals surface area contributed by atoms with E-state index in [4.69, 9.17) is 0 Å². The number of hydrogen-bond donors (Lipinski definition) is 2. The van der Waals surface area contributed by atoms with Crippen LogP contribution in [0.15, 0.2) is 60.0 Å². The summed E-state index contributed by atoms with van der Waals surface area (Å²) < 4.78 is 0. The molecule has 5 heteroatoms.